The van der Waals surface area contributed by atoms with Crippen molar-refractivity contribution in [2.24, 2.45) is 0 Å². The van der Waals surface area contributed by atoms with Crippen LogP contribution in [0, 0.1) is 5.82 Å². The number of piperidine rings is 1. The van der Waals surface area contributed by atoms with E-state index in [0.717, 1.165) is 0 Å². The lowest BCUT2D eigenvalue weighted by Crippen LogP contribution is -2.59. The number of nitrogens with zero attached hydrogens (tertiary/aromatic N) is 3. The first kappa shape index (κ1) is 28.4. The van der Waals surface area contributed by atoms with Crippen molar-refractivity contribution in [3.8, 4) is 0 Å². The number of H-pyrrole nitrogens is 1. The largest absolute Gasteiger partial charge is 0.497 e. The summed E-state index contributed by atoms with van der Waals surface area (Å²) in [6, 6.07) is 5.18. The molecule has 214 valence electrons. The Kier molecular flexibility index (Phi) is 7.62. The maximum Gasteiger partial charge on any atom is 0.497 e. The number of hydroxylamine groups is 3. The molecule has 2 aliphatic heterocycles. The fourth-order valence-corrected chi connectivity index (χ4v) is 6.15. The Balaban J connectivity index is 1.32. The van der Waals surface area contributed by atoms with E-state index in [4.69, 9.17) is 28.0 Å². The third-order valence-electron chi connectivity index (χ3n) is 7.67. The number of aromatic nitrogens is 2. The summed E-state index contributed by atoms with van der Waals surface area (Å²) in [5, 5.41) is 0.350. The average molecular weight is 604 g/mol. The number of carbonyl (C=O) groups excluding carboxylic acids is 2. The number of benzene rings is 1. The summed E-state index contributed by atoms with van der Waals surface area (Å²) in [6.45, 7) is 0.918. The molecule has 40 heavy (non-hydrogen) atoms. The molecular weight excluding hydrogens is 579 g/mol. The summed E-state index contributed by atoms with van der Waals surface area (Å²) in [5.74, 6) is -3.48. The van der Waals surface area contributed by atoms with Crippen molar-refractivity contribution in [1.29, 1.82) is 0 Å². The minimum absolute atomic E-state index is 0.151. The molecule has 0 bridgehead atoms. The predicted molar refractivity (Wildman–Crippen MR) is 138 cm³/mol. The number of rotatable bonds is 5. The number of nitrogens with one attached hydrogen (secondary N) is 1. The van der Waals surface area contributed by atoms with Gasteiger partial charge in [-0.2, -0.15) is 13.2 Å². The average Bonchev–Trinajstić information content (AvgIpc) is 3.51. The Morgan fingerprint density at radius 3 is 2.42 bits per heavy atom. The molecular formula is C26H25Cl2F4N4O4+. The van der Waals surface area contributed by atoms with Gasteiger partial charge in [-0.1, -0.05) is 29.3 Å². The molecule has 0 aliphatic carbocycles. The molecule has 0 saturated carbocycles. The van der Waals surface area contributed by atoms with Gasteiger partial charge in [0.2, 0.25) is 0 Å². The van der Waals surface area contributed by atoms with Gasteiger partial charge >= 0.3 is 12.1 Å². The van der Waals surface area contributed by atoms with Gasteiger partial charge in [-0.25, -0.2) is 9.18 Å². The maximum atomic E-state index is 14.8. The summed E-state index contributed by atoms with van der Waals surface area (Å²) < 4.78 is 54.7. The molecule has 3 aromatic rings. The van der Waals surface area contributed by atoms with Gasteiger partial charge in [0.15, 0.2) is 0 Å². The molecule has 1 N–H and O–H groups in total. The van der Waals surface area contributed by atoms with Crippen LogP contribution in [0.2, 0.25) is 10.2 Å². The van der Waals surface area contributed by atoms with Gasteiger partial charge < -0.3 is 9.88 Å². The van der Waals surface area contributed by atoms with Crippen LogP contribution >= 0.6 is 23.2 Å². The number of amides is 1. The third-order valence-corrected chi connectivity index (χ3v) is 8.43. The number of aromatic amines is 1. The van der Waals surface area contributed by atoms with E-state index in [1.54, 1.807) is 0 Å². The zero-order valence-electron chi connectivity index (χ0n) is 21.1. The Morgan fingerprint density at radius 2 is 1.77 bits per heavy atom. The second kappa shape index (κ2) is 10.7. The van der Waals surface area contributed by atoms with Crippen LogP contribution in [0.5, 0.6) is 0 Å². The number of likely N-dealkylation sites (tertiary alicyclic amines) is 2. The van der Waals surface area contributed by atoms with Crippen molar-refractivity contribution >= 4 is 40.6 Å². The Labute approximate surface area is 235 Å². The smallest absolute Gasteiger partial charge is 0.338 e. The SMILES string of the molecule is O=C(c1cc(Cc2c[nH]c(=O)c3cc(Cl)c(Cl)n23)ccc1F)N1CCC([N+]2(OC(=O)C(F)(F)F)CCCC2)CC1. The van der Waals surface area contributed by atoms with Crippen LogP contribution < -0.4 is 5.56 Å². The van der Waals surface area contributed by atoms with Gasteiger partial charge in [-0.05, 0) is 23.8 Å². The maximum absolute atomic E-state index is 14.8. The Hall–Kier alpha value is -3.09. The van der Waals surface area contributed by atoms with E-state index in [1.807, 2.05) is 0 Å². The Bertz CT molecular complexity index is 1520. The van der Waals surface area contributed by atoms with Crippen LogP contribution in [0.25, 0.3) is 5.52 Å². The molecule has 2 fully saturated rings. The minimum atomic E-state index is -5.09. The van der Waals surface area contributed by atoms with E-state index < -0.39 is 34.6 Å². The van der Waals surface area contributed by atoms with Crippen LogP contribution in [0.4, 0.5) is 17.6 Å². The number of alkyl halides is 3. The van der Waals surface area contributed by atoms with Gasteiger partial charge in [0.25, 0.3) is 11.5 Å². The number of carbonyl (C=O) groups is 2. The van der Waals surface area contributed by atoms with Crippen LogP contribution in [0.15, 0.2) is 35.3 Å². The van der Waals surface area contributed by atoms with Crippen LogP contribution in [0.1, 0.15) is 47.3 Å². The fourth-order valence-electron chi connectivity index (χ4n) is 5.71. The number of fused-ring (bicyclic) bond motifs is 1. The first-order valence-electron chi connectivity index (χ1n) is 12.7. The summed E-state index contributed by atoms with van der Waals surface area (Å²) in [5.41, 5.74) is 0.844. The lowest BCUT2D eigenvalue weighted by Gasteiger charge is -2.41. The predicted octanol–water partition coefficient (Wildman–Crippen LogP) is 4.90. The monoisotopic (exact) mass is 603 g/mol. The van der Waals surface area contributed by atoms with Gasteiger partial charge in [0.1, 0.15) is 35.6 Å². The van der Waals surface area contributed by atoms with Crippen molar-refractivity contribution in [2.75, 3.05) is 26.2 Å². The number of halogens is 6. The molecule has 2 aliphatic rings. The third kappa shape index (κ3) is 5.31. The van der Waals surface area contributed by atoms with Crippen molar-refractivity contribution in [1.82, 2.24) is 14.3 Å². The highest BCUT2D eigenvalue weighted by Gasteiger charge is 2.52. The lowest BCUT2D eigenvalue weighted by atomic mass is 10.0. The molecule has 2 aromatic heterocycles. The van der Waals surface area contributed by atoms with Crippen molar-refractivity contribution in [3.05, 3.63) is 73.6 Å². The van der Waals surface area contributed by atoms with E-state index >= 15 is 0 Å². The molecule has 4 heterocycles. The van der Waals surface area contributed by atoms with Crippen LogP contribution in [-0.4, -0.2) is 69.2 Å². The van der Waals surface area contributed by atoms with Crippen molar-refractivity contribution in [3.63, 3.8) is 0 Å². The summed E-state index contributed by atoms with van der Waals surface area (Å²) in [4.78, 5) is 46.2. The van der Waals surface area contributed by atoms with E-state index in [-0.39, 0.29) is 59.4 Å². The Morgan fingerprint density at radius 1 is 1.10 bits per heavy atom. The lowest BCUT2D eigenvalue weighted by molar-refractivity contribution is -1.10. The number of quaternary nitrogens is 1. The van der Waals surface area contributed by atoms with E-state index in [2.05, 4.69) is 4.98 Å². The zero-order chi connectivity index (χ0) is 28.8. The highest BCUT2D eigenvalue weighted by molar-refractivity contribution is 6.42. The quantitative estimate of drug-likeness (QED) is 0.332. The van der Waals surface area contributed by atoms with E-state index in [1.165, 1.54) is 39.8 Å². The van der Waals surface area contributed by atoms with Gasteiger partial charge in [-0.15, -0.1) is 4.65 Å². The molecule has 2 saturated heterocycles. The first-order valence-corrected chi connectivity index (χ1v) is 13.5. The van der Waals surface area contributed by atoms with Crippen molar-refractivity contribution in [2.45, 2.75) is 44.3 Å². The standard InChI is InChI=1S/C26H24Cl2F4N4O4/c27-19-13-21-23(37)33-14-16(35(21)22(19)28)11-15-3-4-20(29)18(12-15)24(38)34-7-5-17(6-8-34)36(9-1-2-10-36)40-25(39)26(30,31)32/h3-4,12-14,17H,1-2,5-11H2/p+1. The summed E-state index contributed by atoms with van der Waals surface area (Å²) >= 11 is 12.4. The summed E-state index contributed by atoms with van der Waals surface area (Å²) in [6.07, 6.45) is -1.55. The molecule has 0 unspecified atom stereocenters. The molecule has 0 radical (unpaired) electrons. The molecule has 0 atom stereocenters. The minimum Gasteiger partial charge on any atom is -0.338 e. The molecule has 8 nitrogen and oxygen atoms in total. The summed E-state index contributed by atoms with van der Waals surface area (Å²) in [7, 11) is 0. The van der Waals surface area contributed by atoms with Crippen LogP contribution in [0.3, 0.4) is 0 Å². The first-order chi connectivity index (χ1) is 18.9. The van der Waals surface area contributed by atoms with Gasteiger partial charge in [0.05, 0.1) is 10.6 Å². The second-order valence-corrected chi connectivity index (χ2v) is 10.9. The number of hydrogen-bond donors (Lipinski definition) is 1. The molecule has 1 amide bonds. The van der Waals surface area contributed by atoms with Crippen LogP contribution in [-0.2, 0) is 16.1 Å². The van der Waals surface area contributed by atoms with E-state index in [9.17, 15) is 31.9 Å². The fraction of sp³-hybridized carbons (Fsp3) is 0.423. The van der Waals surface area contributed by atoms with Gasteiger partial charge in [-0.3, -0.25) is 18.8 Å². The topological polar surface area (TPSA) is 83.9 Å². The van der Waals surface area contributed by atoms with E-state index in [0.29, 0.717) is 36.9 Å². The molecule has 14 heteroatoms. The molecule has 5 rings (SSSR count). The highest BCUT2D eigenvalue weighted by atomic mass is 35.5. The van der Waals surface area contributed by atoms with Gasteiger partial charge in [0, 0.05) is 57.1 Å². The second-order valence-electron chi connectivity index (χ2n) is 10.1. The molecule has 0 spiro atoms. The zero-order valence-corrected chi connectivity index (χ0v) is 22.6. The normalized spacial score (nSPS) is 17.9. The highest BCUT2D eigenvalue weighted by Crippen LogP contribution is 2.33. The van der Waals surface area contributed by atoms with Crippen molar-refractivity contribution < 1.29 is 36.6 Å². The number of hydrogen-bond acceptors (Lipinski definition) is 4. The molecule has 1 aromatic carbocycles.